The van der Waals surface area contributed by atoms with E-state index in [2.05, 4.69) is 15.6 Å². The Morgan fingerprint density at radius 3 is 2.89 bits per heavy atom. The van der Waals surface area contributed by atoms with Crippen LogP contribution in [-0.2, 0) is 11.2 Å². The number of aromatic nitrogens is 2. The molecule has 0 bridgehead atoms. The highest BCUT2D eigenvalue weighted by Gasteiger charge is 2.33. The highest BCUT2D eigenvalue weighted by molar-refractivity contribution is 6.34. The molecule has 0 spiro atoms. The van der Waals surface area contributed by atoms with E-state index in [9.17, 15) is 0 Å². The molecule has 0 unspecified atom stereocenters. The summed E-state index contributed by atoms with van der Waals surface area (Å²) in [4.78, 5) is 4.66. The van der Waals surface area contributed by atoms with Crippen molar-refractivity contribution < 1.29 is 4.74 Å². The smallest absolute Gasteiger partial charge is 0.111 e. The normalized spacial score (nSPS) is 22.7. The van der Waals surface area contributed by atoms with Crippen molar-refractivity contribution in [3.8, 4) is 0 Å². The van der Waals surface area contributed by atoms with Crippen molar-refractivity contribution in [2.45, 2.75) is 31.4 Å². The van der Waals surface area contributed by atoms with Crippen molar-refractivity contribution >= 4 is 34.2 Å². The number of nitrogens with zero attached hydrogens (tertiary/aromatic N) is 2. The van der Waals surface area contributed by atoms with Crippen LogP contribution >= 0.6 is 23.2 Å². The summed E-state index contributed by atoms with van der Waals surface area (Å²) in [5.74, 6) is 1.60. The topological polar surface area (TPSA) is 27.1 Å². The van der Waals surface area contributed by atoms with Crippen LogP contribution in [0.4, 0.5) is 0 Å². The van der Waals surface area contributed by atoms with Crippen molar-refractivity contribution in [2.24, 2.45) is 0 Å². The number of imidazole rings is 1. The SMILES string of the molecule is COC1CC(n2c(CCCl)nc3c(Cl)cccc32)C1. The first kappa shape index (κ1) is 13.2. The average Bonchev–Trinajstić information content (AvgIpc) is 2.69. The van der Waals surface area contributed by atoms with Crippen LogP contribution in [0.3, 0.4) is 0 Å². The van der Waals surface area contributed by atoms with Gasteiger partial charge in [-0.3, -0.25) is 0 Å². The van der Waals surface area contributed by atoms with Gasteiger partial charge in [-0.1, -0.05) is 17.7 Å². The number of para-hydroxylation sites is 1. The first-order valence-corrected chi connectivity index (χ1v) is 7.40. The number of halogens is 2. The van der Waals surface area contributed by atoms with Crippen molar-refractivity contribution in [1.82, 2.24) is 9.55 Å². The molecule has 5 heteroatoms. The fraction of sp³-hybridized carbons (Fsp3) is 0.500. The maximum absolute atomic E-state index is 6.23. The molecule has 102 valence electrons. The zero-order valence-electron chi connectivity index (χ0n) is 10.8. The van der Waals surface area contributed by atoms with E-state index in [1.54, 1.807) is 7.11 Å². The van der Waals surface area contributed by atoms with Crippen LogP contribution in [0.2, 0.25) is 5.02 Å². The van der Waals surface area contributed by atoms with E-state index in [4.69, 9.17) is 27.9 Å². The molecule has 1 aliphatic carbocycles. The summed E-state index contributed by atoms with van der Waals surface area (Å²) < 4.78 is 7.65. The van der Waals surface area contributed by atoms with E-state index in [0.29, 0.717) is 23.0 Å². The van der Waals surface area contributed by atoms with Crippen LogP contribution in [0.25, 0.3) is 11.0 Å². The fourth-order valence-electron chi connectivity index (χ4n) is 2.74. The van der Waals surface area contributed by atoms with Crippen LogP contribution in [0.5, 0.6) is 0 Å². The highest BCUT2D eigenvalue weighted by Crippen LogP contribution is 2.38. The molecule has 0 N–H and O–H groups in total. The van der Waals surface area contributed by atoms with Gasteiger partial charge in [-0.15, -0.1) is 11.6 Å². The lowest BCUT2D eigenvalue weighted by atomic mass is 9.88. The molecule has 0 saturated heterocycles. The van der Waals surface area contributed by atoms with Crippen LogP contribution in [0, 0.1) is 0 Å². The minimum Gasteiger partial charge on any atom is -0.381 e. The molecule has 0 aliphatic heterocycles. The van der Waals surface area contributed by atoms with Gasteiger partial charge in [-0.2, -0.15) is 0 Å². The van der Waals surface area contributed by atoms with Gasteiger partial charge in [0.2, 0.25) is 0 Å². The van der Waals surface area contributed by atoms with Crippen molar-refractivity contribution in [1.29, 1.82) is 0 Å². The van der Waals surface area contributed by atoms with Gasteiger partial charge in [-0.25, -0.2) is 4.98 Å². The second-order valence-electron chi connectivity index (χ2n) is 4.93. The molecule has 1 fully saturated rings. The lowest BCUT2D eigenvalue weighted by molar-refractivity contribution is 0.00664. The number of methoxy groups -OCH3 is 1. The largest absolute Gasteiger partial charge is 0.381 e. The van der Waals surface area contributed by atoms with Crippen molar-refractivity contribution in [3.05, 3.63) is 29.0 Å². The van der Waals surface area contributed by atoms with Gasteiger partial charge in [0.05, 0.1) is 16.6 Å². The third-order valence-corrected chi connectivity index (χ3v) is 4.32. The number of aryl methyl sites for hydroxylation is 1. The molecule has 1 saturated carbocycles. The number of ether oxygens (including phenoxy) is 1. The van der Waals surface area contributed by atoms with E-state index in [0.717, 1.165) is 36.1 Å². The second-order valence-corrected chi connectivity index (χ2v) is 5.71. The summed E-state index contributed by atoms with van der Waals surface area (Å²) in [5, 5.41) is 0.703. The molecule has 2 aromatic rings. The van der Waals surface area contributed by atoms with E-state index in [1.165, 1.54) is 0 Å². The average molecular weight is 299 g/mol. The minimum atomic E-state index is 0.366. The Labute approximate surface area is 122 Å². The number of hydrogen-bond donors (Lipinski definition) is 0. The fourth-order valence-corrected chi connectivity index (χ4v) is 3.12. The first-order valence-electron chi connectivity index (χ1n) is 6.48. The monoisotopic (exact) mass is 298 g/mol. The summed E-state index contributed by atoms with van der Waals surface area (Å²) in [6.45, 7) is 0. The van der Waals surface area contributed by atoms with Crippen LogP contribution in [-0.4, -0.2) is 28.6 Å². The number of alkyl halides is 1. The predicted molar refractivity (Wildman–Crippen MR) is 78.2 cm³/mol. The van der Waals surface area contributed by atoms with Gasteiger partial charge in [-0.05, 0) is 25.0 Å². The van der Waals surface area contributed by atoms with Gasteiger partial charge in [0, 0.05) is 25.5 Å². The van der Waals surface area contributed by atoms with Gasteiger partial charge in [0.25, 0.3) is 0 Å². The van der Waals surface area contributed by atoms with E-state index in [1.807, 2.05) is 12.1 Å². The third kappa shape index (κ3) is 2.24. The van der Waals surface area contributed by atoms with Gasteiger partial charge in [0.1, 0.15) is 11.3 Å². The van der Waals surface area contributed by atoms with Crippen LogP contribution in [0.1, 0.15) is 24.7 Å². The summed E-state index contributed by atoms with van der Waals surface area (Å²) in [7, 11) is 1.77. The summed E-state index contributed by atoms with van der Waals surface area (Å²) in [5.41, 5.74) is 1.98. The first-order chi connectivity index (χ1) is 9.24. The second kappa shape index (κ2) is 5.31. The van der Waals surface area contributed by atoms with Crippen molar-refractivity contribution in [3.63, 3.8) is 0 Å². The Hall–Kier alpha value is -0.770. The maximum Gasteiger partial charge on any atom is 0.111 e. The predicted octanol–water partition coefficient (Wildman–Crippen LogP) is 3.82. The molecular weight excluding hydrogens is 283 g/mol. The minimum absolute atomic E-state index is 0.366. The van der Waals surface area contributed by atoms with Gasteiger partial charge >= 0.3 is 0 Å². The summed E-state index contributed by atoms with van der Waals surface area (Å²) in [6.07, 6.45) is 3.19. The van der Waals surface area contributed by atoms with E-state index >= 15 is 0 Å². The molecule has 1 aliphatic rings. The Kier molecular flexibility index (Phi) is 3.70. The number of fused-ring (bicyclic) bond motifs is 1. The highest BCUT2D eigenvalue weighted by atomic mass is 35.5. The molecule has 1 heterocycles. The third-order valence-electron chi connectivity index (χ3n) is 3.83. The lowest BCUT2D eigenvalue weighted by Gasteiger charge is -2.36. The van der Waals surface area contributed by atoms with Crippen molar-refractivity contribution in [2.75, 3.05) is 13.0 Å². The molecule has 3 rings (SSSR count). The molecule has 0 amide bonds. The Balaban J connectivity index is 2.05. The molecular formula is C14H16Cl2N2O. The molecule has 0 atom stereocenters. The Bertz CT molecular complexity index is 590. The standard InChI is InChI=1S/C14H16Cl2N2O/c1-19-10-7-9(8-10)18-12-4-2-3-11(16)14(12)17-13(18)5-6-15/h2-4,9-10H,5-8H2,1H3. The number of rotatable bonds is 4. The zero-order chi connectivity index (χ0) is 13.4. The molecule has 1 aromatic carbocycles. The van der Waals surface area contributed by atoms with E-state index < -0.39 is 0 Å². The maximum atomic E-state index is 6.23. The molecule has 3 nitrogen and oxygen atoms in total. The Morgan fingerprint density at radius 1 is 1.42 bits per heavy atom. The zero-order valence-corrected chi connectivity index (χ0v) is 12.3. The van der Waals surface area contributed by atoms with Crippen LogP contribution in [0.15, 0.2) is 18.2 Å². The van der Waals surface area contributed by atoms with Gasteiger partial charge < -0.3 is 9.30 Å². The lowest BCUT2D eigenvalue weighted by Crippen LogP contribution is -2.33. The molecule has 0 radical (unpaired) electrons. The summed E-state index contributed by atoms with van der Waals surface area (Å²) in [6, 6.07) is 6.38. The van der Waals surface area contributed by atoms with Gasteiger partial charge in [0.15, 0.2) is 0 Å². The quantitative estimate of drug-likeness (QED) is 0.802. The molecule has 1 aromatic heterocycles. The van der Waals surface area contributed by atoms with E-state index in [-0.39, 0.29) is 0 Å². The number of hydrogen-bond acceptors (Lipinski definition) is 2. The number of benzene rings is 1. The summed E-state index contributed by atoms with van der Waals surface area (Å²) >= 11 is 12.1. The van der Waals surface area contributed by atoms with Crippen LogP contribution < -0.4 is 0 Å². The Morgan fingerprint density at radius 2 is 2.21 bits per heavy atom. The molecule has 19 heavy (non-hydrogen) atoms.